The van der Waals surface area contributed by atoms with Crippen molar-refractivity contribution in [2.24, 2.45) is 0 Å². The van der Waals surface area contributed by atoms with Gasteiger partial charge in [-0.05, 0) is 44.0 Å². The lowest BCUT2D eigenvalue weighted by atomic mass is 10.0. The van der Waals surface area contributed by atoms with Crippen LogP contribution in [0.1, 0.15) is 35.3 Å². The molecule has 26 heavy (non-hydrogen) atoms. The van der Waals surface area contributed by atoms with Crippen LogP contribution in [0.25, 0.3) is 0 Å². The second-order valence-electron chi connectivity index (χ2n) is 6.18. The molecule has 1 rings (SSSR count). The van der Waals surface area contributed by atoms with Gasteiger partial charge in [0.05, 0.1) is 4.90 Å². The van der Waals surface area contributed by atoms with Crippen molar-refractivity contribution in [1.82, 2.24) is 10.2 Å². The molecule has 2 N–H and O–H groups in total. The SMILES string of the molecule is CC(=O)NCCN(C(=O)c1cc(S(C)(=O)=O)cc(C)c1C)C(C)C(=O)O. The van der Waals surface area contributed by atoms with Gasteiger partial charge in [-0.1, -0.05) is 0 Å². The van der Waals surface area contributed by atoms with Crippen molar-refractivity contribution < 1.29 is 27.9 Å². The van der Waals surface area contributed by atoms with Crippen molar-refractivity contribution >= 4 is 27.6 Å². The lowest BCUT2D eigenvalue weighted by Gasteiger charge is -2.27. The first-order valence-corrected chi connectivity index (χ1v) is 9.85. The Kier molecular flexibility index (Phi) is 6.91. The molecule has 9 heteroatoms. The summed E-state index contributed by atoms with van der Waals surface area (Å²) in [6.07, 6.45) is 1.04. The zero-order valence-corrected chi connectivity index (χ0v) is 16.3. The van der Waals surface area contributed by atoms with Gasteiger partial charge < -0.3 is 15.3 Å². The molecule has 0 spiro atoms. The molecule has 0 saturated heterocycles. The lowest BCUT2D eigenvalue weighted by molar-refractivity contribution is -0.141. The summed E-state index contributed by atoms with van der Waals surface area (Å²) in [6, 6.07) is 1.60. The van der Waals surface area contributed by atoms with E-state index in [2.05, 4.69) is 5.32 Å². The molecule has 1 aromatic rings. The van der Waals surface area contributed by atoms with Crippen LogP contribution in [0.4, 0.5) is 0 Å². The molecular weight excluding hydrogens is 360 g/mol. The Morgan fingerprint density at radius 3 is 2.27 bits per heavy atom. The third kappa shape index (κ3) is 5.29. The average molecular weight is 384 g/mol. The van der Waals surface area contributed by atoms with Gasteiger partial charge >= 0.3 is 5.97 Å². The maximum absolute atomic E-state index is 13.0. The Bertz CT molecular complexity index is 832. The van der Waals surface area contributed by atoms with Gasteiger partial charge in [0.1, 0.15) is 6.04 Å². The van der Waals surface area contributed by atoms with Crippen LogP contribution < -0.4 is 5.32 Å². The number of aliphatic carboxylic acids is 1. The van der Waals surface area contributed by atoms with E-state index in [9.17, 15) is 27.9 Å². The van der Waals surface area contributed by atoms with Gasteiger partial charge in [-0.15, -0.1) is 0 Å². The number of aryl methyl sites for hydroxylation is 1. The van der Waals surface area contributed by atoms with Crippen molar-refractivity contribution in [3.63, 3.8) is 0 Å². The van der Waals surface area contributed by atoms with E-state index in [0.717, 1.165) is 11.2 Å². The van der Waals surface area contributed by atoms with E-state index in [4.69, 9.17) is 0 Å². The number of carboxylic acids is 1. The fourth-order valence-corrected chi connectivity index (χ4v) is 3.10. The van der Waals surface area contributed by atoms with Crippen LogP contribution in [0.2, 0.25) is 0 Å². The highest BCUT2D eigenvalue weighted by molar-refractivity contribution is 7.90. The summed E-state index contributed by atoms with van der Waals surface area (Å²) in [4.78, 5) is 36.5. The molecule has 0 aliphatic rings. The number of sulfone groups is 1. The number of carbonyl (C=O) groups excluding carboxylic acids is 2. The zero-order chi connectivity index (χ0) is 20.2. The average Bonchev–Trinajstić information content (AvgIpc) is 2.51. The minimum Gasteiger partial charge on any atom is -0.480 e. The van der Waals surface area contributed by atoms with Crippen molar-refractivity contribution in [2.75, 3.05) is 19.3 Å². The molecule has 8 nitrogen and oxygen atoms in total. The molecule has 1 unspecified atom stereocenters. The normalized spacial score (nSPS) is 12.3. The Morgan fingerprint density at radius 1 is 1.23 bits per heavy atom. The molecule has 0 fully saturated rings. The van der Waals surface area contributed by atoms with Gasteiger partial charge in [-0.2, -0.15) is 0 Å². The molecule has 0 aliphatic carbocycles. The summed E-state index contributed by atoms with van der Waals surface area (Å²) in [5.41, 5.74) is 1.31. The predicted molar refractivity (Wildman–Crippen MR) is 95.8 cm³/mol. The summed E-state index contributed by atoms with van der Waals surface area (Å²) in [5.74, 6) is -2.10. The minimum absolute atomic E-state index is 0.00580. The van der Waals surface area contributed by atoms with E-state index in [1.54, 1.807) is 13.8 Å². The molecule has 0 aromatic heterocycles. The molecule has 0 radical (unpaired) electrons. The van der Waals surface area contributed by atoms with Crippen molar-refractivity contribution in [2.45, 2.75) is 38.6 Å². The predicted octanol–water partition coefficient (Wildman–Crippen LogP) is 0.758. The Labute approximate surface area is 153 Å². The van der Waals surface area contributed by atoms with E-state index < -0.39 is 27.8 Å². The molecule has 0 heterocycles. The summed E-state index contributed by atoms with van der Waals surface area (Å²) >= 11 is 0. The molecular formula is C17H24N2O6S. The van der Waals surface area contributed by atoms with E-state index in [1.165, 1.54) is 26.0 Å². The van der Waals surface area contributed by atoms with Crippen LogP contribution in [0.15, 0.2) is 17.0 Å². The number of benzene rings is 1. The van der Waals surface area contributed by atoms with Crippen molar-refractivity contribution in [3.8, 4) is 0 Å². The number of hydrogen-bond donors (Lipinski definition) is 2. The van der Waals surface area contributed by atoms with Crippen LogP contribution >= 0.6 is 0 Å². The summed E-state index contributed by atoms with van der Waals surface area (Å²) in [7, 11) is -3.53. The second-order valence-corrected chi connectivity index (χ2v) is 8.20. The van der Waals surface area contributed by atoms with E-state index in [1.807, 2.05) is 0 Å². The number of hydrogen-bond acceptors (Lipinski definition) is 5. The second kappa shape index (κ2) is 8.31. The fourth-order valence-electron chi connectivity index (χ4n) is 2.37. The first-order valence-electron chi connectivity index (χ1n) is 7.95. The summed E-state index contributed by atoms with van der Waals surface area (Å²) in [5, 5.41) is 11.8. The van der Waals surface area contributed by atoms with E-state index >= 15 is 0 Å². The largest absolute Gasteiger partial charge is 0.480 e. The molecule has 1 atom stereocenters. The van der Waals surface area contributed by atoms with E-state index in [-0.39, 0.29) is 29.5 Å². The fraction of sp³-hybridized carbons (Fsp3) is 0.471. The first kappa shape index (κ1) is 21.6. The maximum Gasteiger partial charge on any atom is 0.326 e. The Morgan fingerprint density at radius 2 is 1.81 bits per heavy atom. The number of carboxylic acid groups (broad SMARTS) is 1. The number of amides is 2. The Hall–Kier alpha value is -2.42. The van der Waals surface area contributed by atoms with Gasteiger partial charge in [0, 0.05) is 31.8 Å². The van der Waals surface area contributed by atoms with E-state index in [0.29, 0.717) is 11.1 Å². The maximum atomic E-state index is 13.0. The first-order chi connectivity index (χ1) is 11.9. The topological polar surface area (TPSA) is 121 Å². The van der Waals surface area contributed by atoms with Crippen LogP contribution in [0.3, 0.4) is 0 Å². The molecule has 0 aliphatic heterocycles. The molecule has 144 valence electrons. The van der Waals surface area contributed by atoms with Gasteiger partial charge in [-0.25, -0.2) is 13.2 Å². The van der Waals surface area contributed by atoms with Gasteiger partial charge in [0.2, 0.25) is 5.91 Å². The monoisotopic (exact) mass is 384 g/mol. The highest BCUT2D eigenvalue weighted by Gasteiger charge is 2.28. The number of nitrogens with zero attached hydrogens (tertiary/aromatic N) is 1. The highest BCUT2D eigenvalue weighted by atomic mass is 32.2. The highest BCUT2D eigenvalue weighted by Crippen LogP contribution is 2.22. The standard InChI is InChI=1S/C17H24N2O6S/c1-10-8-14(26(5,24)25)9-15(11(10)2)16(21)19(12(3)17(22)23)7-6-18-13(4)20/h8-9,12H,6-7H2,1-5H3,(H,18,20)(H,22,23). The van der Waals surface area contributed by atoms with Crippen molar-refractivity contribution in [1.29, 1.82) is 0 Å². The third-order valence-corrected chi connectivity index (χ3v) is 5.20. The molecule has 0 saturated carbocycles. The minimum atomic E-state index is -3.53. The van der Waals surface area contributed by atoms with Crippen LogP contribution in [-0.2, 0) is 19.4 Å². The zero-order valence-electron chi connectivity index (χ0n) is 15.5. The van der Waals surface area contributed by atoms with Crippen molar-refractivity contribution in [3.05, 3.63) is 28.8 Å². The number of nitrogens with one attached hydrogen (secondary N) is 1. The van der Waals surface area contributed by atoms with Crippen LogP contribution in [0, 0.1) is 13.8 Å². The lowest BCUT2D eigenvalue weighted by Crippen LogP contribution is -2.47. The van der Waals surface area contributed by atoms with Crippen LogP contribution in [-0.4, -0.2) is 61.6 Å². The summed E-state index contributed by atoms with van der Waals surface area (Å²) in [6.45, 7) is 6.09. The third-order valence-electron chi connectivity index (χ3n) is 4.11. The molecule has 2 amide bonds. The molecule has 0 bridgehead atoms. The van der Waals surface area contributed by atoms with Gasteiger partial charge in [-0.3, -0.25) is 9.59 Å². The van der Waals surface area contributed by atoms with Crippen LogP contribution in [0.5, 0.6) is 0 Å². The summed E-state index contributed by atoms with van der Waals surface area (Å²) < 4.78 is 23.7. The van der Waals surface area contributed by atoms with Gasteiger partial charge in [0.25, 0.3) is 5.91 Å². The Balaban J connectivity index is 3.35. The molecule has 1 aromatic carbocycles. The van der Waals surface area contributed by atoms with Gasteiger partial charge in [0.15, 0.2) is 9.84 Å². The smallest absolute Gasteiger partial charge is 0.326 e. The number of carbonyl (C=O) groups is 3. The number of rotatable bonds is 7. The quantitative estimate of drug-likeness (QED) is 0.716.